The van der Waals surface area contributed by atoms with E-state index in [2.05, 4.69) is 29.0 Å². The van der Waals surface area contributed by atoms with Gasteiger partial charge in [0.2, 0.25) is 0 Å². The van der Waals surface area contributed by atoms with Gasteiger partial charge in [0.1, 0.15) is 0 Å². The highest BCUT2D eigenvalue weighted by atomic mass is 32.1. The lowest BCUT2D eigenvalue weighted by Gasteiger charge is -2.38. The average Bonchev–Trinajstić information content (AvgIpc) is 3.16. The smallest absolute Gasteiger partial charge is 0.185 e. The van der Waals surface area contributed by atoms with E-state index in [4.69, 9.17) is 4.98 Å². The predicted molar refractivity (Wildman–Crippen MR) is 90.4 cm³/mol. The average molecular weight is 308 g/mol. The molecule has 2 aliphatic rings. The van der Waals surface area contributed by atoms with Crippen molar-refractivity contribution < 1.29 is 0 Å². The number of hydrogen-bond acceptors (Lipinski definition) is 5. The van der Waals surface area contributed by atoms with Crippen LogP contribution in [0.15, 0.2) is 0 Å². The molecule has 4 nitrogen and oxygen atoms in total. The first kappa shape index (κ1) is 15.3. The molecule has 1 unspecified atom stereocenters. The predicted octanol–water partition coefficient (Wildman–Crippen LogP) is 2.80. The van der Waals surface area contributed by atoms with Gasteiger partial charge in [0.25, 0.3) is 0 Å². The van der Waals surface area contributed by atoms with Crippen LogP contribution in [0.5, 0.6) is 0 Å². The van der Waals surface area contributed by atoms with E-state index in [1.54, 1.807) is 0 Å². The van der Waals surface area contributed by atoms with Crippen molar-refractivity contribution in [3.63, 3.8) is 0 Å². The van der Waals surface area contributed by atoms with E-state index < -0.39 is 0 Å². The highest BCUT2D eigenvalue weighted by Crippen LogP contribution is 2.32. The maximum Gasteiger partial charge on any atom is 0.185 e. The van der Waals surface area contributed by atoms with Crippen LogP contribution in [0, 0.1) is 6.92 Å². The largest absolute Gasteiger partial charge is 0.346 e. The van der Waals surface area contributed by atoms with E-state index in [0.717, 1.165) is 19.1 Å². The van der Waals surface area contributed by atoms with Crippen molar-refractivity contribution in [1.82, 2.24) is 15.2 Å². The molecule has 5 heteroatoms. The summed E-state index contributed by atoms with van der Waals surface area (Å²) in [5, 5.41) is 4.54. The van der Waals surface area contributed by atoms with Gasteiger partial charge in [-0.3, -0.25) is 4.90 Å². The van der Waals surface area contributed by atoms with Crippen LogP contribution >= 0.6 is 11.3 Å². The van der Waals surface area contributed by atoms with Crippen molar-refractivity contribution in [2.45, 2.75) is 51.6 Å². The molecule has 118 valence electrons. The molecule has 1 N–H and O–H groups in total. The second kappa shape index (κ2) is 6.63. The van der Waals surface area contributed by atoms with Gasteiger partial charge in [0.05, 0.1) is 5.69 Å². The molecule has 1 saturated heterocycles. The first-order valence-corrected chi connectivity index (χ1v) is 9.14. The zero-order chi connectivity index (χ0) is 14.8. The lowest BCUT2D eigenvalue weighted by molar-refractivity contribution is 0.187. The van der Waals surface area contributed by atoms with Gasteiger partial charge in [0, 0.05) is 43.1 Å². The van der Waals surface area contributed by atoms with Crippen molar-refractivity contribution in [2.24, 2.45) is 0 Å². The fourth-order valence-electron chi connectivity index (χ4n) is 3.61. The molecule has 0 bridgehead atoms. The molecule has 1 aliphatic carbocycles. The number of nitrogens with one attached hydrogen (secondary N) is 1. The lowest BCUT2D eigenvalue weighted by Crippen LogP contribution is -2.49. The zero-order valence-electron chi connectivity index (χ0n) is 13.6. The molecule has 2 heterocycles. The normalized spacial score (nSPS) is 22.9. The molecule has 0 aromatic carbocycles. The summed E-state index contributed by atoms with van der Waals surface area (Å²) in [6.45, 7) is 9.04. The topological polar surface area (TPSA) is 31.4 Å². The van der Waals surface area contributed by atoms with Gasteiger partial charge < -0.3 is 10.2 Å². The summed E-state index contributed by atoms with van der Waals surface area (Å²) < 4.78 is 0. The molecule has 1 aromatic rings. The molecule has 1 atom stereocenters. The van der Waals surface area contributed by atoms with Crippen LogP contribution in [-0.4, -0.2) is 49.2 Å². The Kier molecular flexibility index (Phi) is 4.82. The highest BCUT2D eigenvalue weighted by Gasteiger charge is 2.27. The monoisotopic (exact) mass is 308 g/mol. The summed E-state index contributed by atoms with van der Waals surface area (Å²) in [4.78, 5) is 11.4. The third kappa shape index (κ3) is 3.25. The van der Waals surface area contributed by atoms with Gasteiger partial charge in [-0.05, 0) is 33.7 Å². The van der Waals surface area contributed by atoms with Crippen LogP contribution < -0.4 is 10.2 Å². The van der Waals surface area contributed by atoms with Crippen molar-refractivity contribution in [1.29, 1.82) is 0 Å². The molecule has 1 aromatic heterocycles. The Labute approximate surface area is 132 Å². The highest BCUT2D eigenvalue weighted by molar-refractivity contribution is 7.15. The summed E-state index contributed by atoms with van der Waals surface area (Å²) in [7, 11) is 2.02. The Bertz CT molecular complexity index is 459. The fourth-order valence-corrected chi connectivity index (χ4v) is 4.79. The van der Waals surface area contributed by atoms with Gasteiger partial charge in [-0.15, -0.1) is 11.3 Å². The number of thiazole rings is 1. The molecule has 1 saturated carbocycles. The maximum atomic E-state index is 4.81. The van der Waals surface area contributed by atoms with E-state index in [0.29, 0.717) is 6.04 Å². The number of hydrogen-bond donors (Lipinski definition) is 1. The number of aryl methyl sites for hydroxylation is 1. The van der Waals surface area contributed by atoms with Crippen molar-refractivity contribution in [2.75, 3.05) is 38.1 Å². The molecular weight excluding hydrogens is 280 g/mol. The summed E-state index contributed by atoms with van der Waals surface area (Å²) >= 11 is 1.87. The quantitative estimate of drug-likeness (QED) is 0.927. The summed E-state index contributed by atoms with van der Waals surface area (Å²) in [5.74, 6) is 0. The second-order valence-electron chi connectivity index (χ2n) is 6.42. The molecule has 2 fully saturated rings. The molecule has 1 aliphatic heterocycles. The Balaban J connectivity index is 1.61. The number of rotatable bonds is 4. The second-order valence-corrected chi connectivity index (χ2v) is 7.43. The molecule has 0 radical (unpaired) electrons. The minimum atomic E-state index is 0.399. The van der Waals surface area contributed by atoms with Crippen molar-refractivity contribution in [3.05, 3.63) is 10.6 Å². The summed E-state index contributed by atoms with van der Waals surface area (Å²) in [6.07, 6.45) is 5.70. The van der Waals surface area contributed by atoms with Crippen LogP contribution in [0.1, 0.15) is 49.2 Å². The summed E-state index contributed by atoms with van der Waals surface area (Å²) in [6, 6.07) is 1.26. The maximum absolute atomic E-state index is 4.81. The van der Waals surface area contributed by atoms with E-state index in [-0.39, 0.29) is 0 Å². The first-order chi connectivity index (χ1) is 10.2. The van der Waals surface area contributed by atoms with E-state index in [1.807, 2.05) is 18.4 Å². The van der Waals surface area contributed by atoms with Gasteiger partial charge >= 0.3 is 0 Å². The van der Waals surface area contributed by atoms with Crippen LogP contribution in [0.3, 0.4) is 0 Å². The van der Waals surface area contributed by atoms with Gasteiger partial charge in [-0.2, -0.15) is 0 Å². The first-order valence-electron chi connectivity index (χ1n) is 8.32. The SMILES string of the molecule is CNC(C)c1sc(N2CCN(C3CCCC3)CC2)nc1C. The number of anilines is 1. The Hall–Kier alpha value is -0.650. The minimum absolute atomic E-state index is 0.399. The van der Waals surface area contributed by atoms with Crippen LogP contribution in [-0.2, 0) is 0 Å². The van der Waals surface area contributed by atoms with Crippen molar-refractivity contribution in [3.8, 4) is 0 Å². The third-order valence-electron chi connectivity index (χ3n) is 5.07. The van der Waals surface area contributed by atoms with Gasteiger partial charge in [-0.1, -0.05) is 12.8 Å². The number of aromatic nitrogens is 1. The third-order valence-corrected chi connectivity index (χ3v) is 6.47. The van der Waals surface area contributed by atoms with Crippen LogP contribution in [0.2, 0.25) is 0 Å². The number of piperazine rings is 1. The molecule has 0 amide bonds. The Morgan fingerprint density at radius 1 is 1.19 bits per heavy atom. The molecule has 0 spiro atoms. The van der Waals surface area contributed by atoms with E-state index in [9.17, 15) is 0 Å². The van der Waals surface area contributed by atoms with E-state index >= 15 is 0 Å². The van der Waals surface area contributed by atoms with Crippen LogP contribution in [0.25, 0.3) is 0 Å². The summed E-state index contributed by atoms with van der Waals surface area (Å²) in [5.41, 5.74) is 1.19. The Morgan fingerprint density at radius 2 is 1.86 bits per heavy atom. The van der Waals surface area contributed by atoms with Crippen molar-refractivity contribution >= 4 is 16.5 Å². The minimum Gasteiger partial charge on any atom is -0.346 e. The number of nitrogens with zero attached hydrogens (tertiary/aromatic N) is 3. The van der Waals surface area contributed by atoms with Crippen LogP contribution in [0.4, 0.5) is 5.13 Å². The Morgan fingerprint density at radius 3 is 2.48 bits per heavy atom. The zero-order valence-corrected chi connectivity index (χ0v) is 14.4. The fraction of sp³-hybridized carbons (Fsp3) is 0.812. The molecular formula is C16H28N4S. The van der Waals surface area contributed by atoms with Gasteiger partial charge in [-0.25, -0.2) is 4.98 Å². The molecule has 3 rings (SSSR count). The lowest BCUT2D eigenvalue weighted by atomic mass is 10.2. The standard InChI is InChI=1S/C16H28N4S/c1-12(17-3)15-13(2)18-16(21-15)20-10-8-19(9-11-20)14-6-4-5-7-14/h12,14,17H,4-11H2,1-3H3. The van der Waals surface area contributed by atoms with Gasteiger partial charge in [0.15, 0.2) is 5.13 Å². The van der Waals surface area contributed by atoms with E-state index in [1.165, 1.54) is 54.5 Å². The molecule has 21 heavy (non-hydrogen) atoms.